The van der Waals surface area contributed by atoms with Crippen LogP contribution < -0.4 is 10.6 Å². The number of thiophene rings is 1. The zero-order chi connectivity index (χ0) is 20.1. The number of aromatic nitrogens is 2. The normalized spacial score (nSPS) is 11.5. The van der Waals surface area contributed by atoms with Gasteiger partial charge in [-0.05, 0) is 30.5 Å². The second-order valence-corrected chi connectivity index (χ2v) is 6.71. The van der Waals surface area contributed by atoms with E-state index in [2.05, 4.69) is 15.7 Å². The topological polar surface area (TPSA) is 102 Å². The molecule has 0 radical (unpaired) electrons. The number of hydrogen-bond donors (Lipinski definition) is 2. The highest BCUT2D eigenvalue weighted by atomic mass is 32.1. The molecule has 0 aliphatic carbocycles. The van der Waals surface area contributed by atoms with Crippen LogP contribution in [0.15, 0.2) is 54.0 Å². The van der Waals surface area contributed by atoms with Gasteiger partial charge in [0.1, 0.15) is 11.3 Å². The Morgan fingerprint density at radius 1 is 1.14 bits per heavy atom. The molecule has 144 valence electrons. The average Bonchev–Trinajstić information content (AvgIpc) is 3.38. The Bertz CT molecular complexity index is 983. The molecule has 9 heteroatoms. The van der Waals surface area contributed by atoms with E-state index < -0.39 is 24.0 Å². The third-order valence-corrected chi connectivity index (χ3v) is 4.70. The van der Waals surface area contributed by atoms with E-state index >= 15 is 0 Å². The van der Waals surface area contributed by atoms with Crippen molar-refractivity contribution in [2.24, 2.45) is 0 Å². The van der Waals surface area contributed by atoms with Crippen molar-refractivity contribution in [1.29, 1.82) is 0 Å². The van der Waals surface area contributed by atoms with Crippen LogP contribution in [-0.2, 0) is 9.53 Å². The van der Waals surface area contributed by atoms with E-state index in [4.69, 9.17) is 4.74 Å². The molecule has 2 heterocycles. The molecule has 3 rings (SSSR count). The van der Waals surface area contributed by atoms with Gasteiger partial charge >= 0.3 is 12.0 Å². The Balaban J connectivity index is 1.87. The summed E-state index contributed by atoms with van der Waals surface area (Å²) in [7, 11) is 1.38. The summed E-state index contributed by atoms with van der Waals surface area (Å²) in [5.41, 5.74) is 1.47. The molecule has 0 bridgehead atoms. The number of hydrogen-bond acceptors (Lipinski definition) is 6. The minimum absolute atomic E-state index is 0.228. The first-order valence-corrected chi connectivity index (χ1v) is 9.30. The Hall–Kier alpha value is -3.46. The van der Waals surface area contributed by atoms with Gasteiger partial charge in [0.25, 0.3) is 5.91 Å². The van der Waals surface area contributed by atoms with Gasteiger partial charge in [0, 0.05) is 13.2 Å². The van der Waals surface area contributed by atoms with Crippen molar-refractivity contribution in [3.05, 3.63) is 59.6 Å². The van der Waals surface area contributed by atoms with Crippen LogP contribution in [-0.4, -0.2) is 40.8 Å². The van der Waals surface area contributed by atoms with Gasteiger partial charge in [-0.3, -0.25) is 10.1 Å². The smallest absolute Gasteiger partial charge is 0.342 e. The molecule has 0 saturated carbocycles. The Morgan fingerprint density at radius 3 is 2.54 bits per heavy atom. The van der Waals surface area contributed by atoms with Gasteiger partial charge < -0.3 is 10.1 Å². The van der Waals surface area contributed by atoms with Crippen molar-refractivity contribution < 1.29 is 19.1 Å². The Kier molecular flexibility index (Phi) is 5.85. The average molecular weight is 398 g/mol. The first-order chi connectivity index (χ1) is 13.5. The van der Waals surface area contributed by atoms with Crippen molar-refractivity contribution in [3.63, 3.8) is 0 Å². The van der Waals surface area contributed by atoms with Gasteiger partial charge in [-0.15, -0.1) is 11.3 Å². The van der Waals surface area contributed by atoms with Crippen LogP contribution in [0.25, 0.3) is 16.3 Å². The van der Waals surface area contributed by atoms with Crippen LogP contribution in [0.5, 0.6) is 0 Å². The number of nitrogens with one attached hydrogen (secondary N) is 2. The van der Waals surface area contributed by atoms with Crippen LogP contribution in [0, 0.1) is 0 Å². The molecular weight excluding hydrogens is 380 g/mol. The van der Waals surface area contributed by atoms with Gasteiger partial charge in [-0.1, -0.05) is 24.3 Å². The van der Waals surface area contributed by atoms with Crippen LogP contribution in [0.4, 0.5) is 4.79 Å². The number of imide groups is 1. The minimum Gasteiger partial charge on any atom is -0.449 e. The first-order valence-electron chi connectivity index (χ1n) is 8.42. The van der Waals surface area contributed by atoms with Crippen LogP contribution in [0.2, 0.25) is 0 Å². The maximum absolute atomic E-state index is 12.7. The van der Waals surface area contributed by atoms with E-state index in [9.17, 15) is 14.4 Å². The number of benzene rings is 1. The number of esters is 1. The van der Waals surface area contributed by atoms with Gasteiger partial charge in [-0.25, -0.2) is 14.3 Å². The zero-order valence-corrected chi connectivity index (χ0v) is 16.0. The molecule has 0 saturated heterocycles. The summed E-state index contributed by atoms with van der Waals surface area (Å²) in [6.07, 6.45) is 0.414. The number of carbonyl (C=O) groups excluding carboxylic acids is 3. The summed E-state index contributed by atoms with van der Waals surface area (Å²) in [4.78, 5) is 36.7. The molecular formula is C19H18N4O4S. The molecule has 3 aromatic rings. The monoisotopic (exact) mass is 398 g/mol. The number of amides is 3. The summed E-state index contributed by atoms with van der Waals surface area (Å²) < 4.78 is 6.84. The number of rotatable bonds is 5. The molecule has 0 aliphatic heterocycles. The van der Waals surface area contributed by atoms with Crippen molar-refractivity contribution in [1.82, 2.24) is 20.4 Å². The number of carbonyl (C=O) groups is 3. The van der Waals surface area contributed by atoms with Crippen molar-refractivity contribution in [2.75, 3.05) is 7.05 Å². The summed E-state index contributed by atoms with van der Waals surface area (Å²) >= 11 is 1.44. The van der Waals surface area contributed by atoms with Crippen LogP contribution in [0.1, 0.15) is 17.3 Å². The van der Waals surface area contributed by atoms with Gasteiger partial charge in [0.2, 0.25) is 0 Å². The van der Waals surface area contributed by atoms with E-state index in [1.54, 1.807) is 10.9 Å². The number of para-hydroxylation sites is 1. The van der Waals surface area contributed by atoms with E-state index in [1.807, 2.05) is 47.8 Å². The molecule has 1 aromatic carbocycles. The van der Waals surface area contributed by atoms with Gasteiger partial charge in [0.15, 0.2) is 6.10 Å². The maximum Gasteiger partial charge on any atom is 0.342 e. The van der Waals surface area contributed by atoms with Crippen LogP contribution >= 0.6 is 11.3 Å². The summed E-state index contributed by atoms with van der Waals surface area (Å²) in [6, 6.07) is 12.4. The largest absolute Gasteiger partial charge is 0.449 e. The Labute approximate surface area is 165 Å². The Morgan fingerprint density at radius 2 is 1.89 bits per heavy atom. The molecule has 0 unspecified atom stereocenters. The summed E-state index contributed by atoms with van der Waals surface area (Å²) in [5.74, 6) is -1.43. The second kappa shape index (κ2) is 8.49. The highest BCUT2D eigenvalue weighted by molar-refractivity contribution is 7.13. The standard InChI is InChI=1S/C19H18N4O4S/c1-12(17(24)21-19(26)20-2)27-18(25)14-11-23(13-7-4-3-5-8-13)22-16(14)15-9-6-10-28-15/h3-12H,1-2H3,(H2,20,21,24,26)/t12-/m0/s1. The minimum atomic E-state index is -1.15. The molecule has 0 spiro atoms. The fourth-order valence-corrected chi connectivity index (χ4v) is 3.11. The zero-order valence-electron chi connectivity index (χ0n) is 15.2. The predicted molar refractivity (Wildman–Crippen MR) is 104 cm³/mol. The van der Waals surface area contributed by atoms with Crippen molar-refractivity contribution >= 4 is 29.2 Å². The van der Waals surface area contributed by atoms with Gasteiger partial charge in [0.05, 0.1) is 10.6 Å². The molecule has 3 amide bonds. The lowest BCUT2D eigenvalue weighted by Gasteiger charge is -2.12. The SMILES string of the molecule is CNC(=O)NC(=O)[C@H](C)OC(=O)c1cn(-c2ccccc2)nc1-c1cccs1. The van der Waals surface area contributed by atoms with Gasteiger partial charge in [-0.2, -0.15) is 5.10 Å². The summed E-state index contributed by atoms with van der Waals surface area (Å²) in [6.45, 7) is 1.39. The quantitative estimate of drug-likeness (QED) is 0.643. The molecule has 1 atom stereocenters. The van der Waals surface area contributed by atoms with E-state index in [1.165, 1.54) is 25.3 Å². The second-order valence-electron chi connectivity index (χ2n) is 5.76. The predicted octanol–water partition coefficient (Wildman–Crippen LogP) is 2.60. The molecule has 0 aliphatic rings. The van der Waals surface area contributed by atoms with Crippen LogP contribution in [0.3, 0.4) is 0 Å². The van der Waals surface area contributed by atoms with Crippen molar-refractivity contribution in [3.8, 4) is 16.3 Å². The fraction of sp³-hybridized carbons (Fsp3) is 0.158. The van der Waals surface area contributed by atoms with E-state index in [0.717, 1.165) is 10.6 Å². The lowest BCUT2D eigenvalue weighted by molar-refractivity contribution is -0.127. The lowest BCUT2D eigenvalue weighted by atomic mass is 10.2. The number of nitrogens with zero attached hydrogens (tertiary/aromatic N) is 2. The molecule has 2 aromatic heterocycles. The van der Waals surface area contributed by atoms with E-state index in [-0.39, 0.29) is 5.56 Å². The fourth-order valence-electron chi connectivity index (χ4n) is 2.39. The third kappa shape index (κ3) is 4.26. The highest BCUT2D eigenvalue weighted by Crippen LogP contribution is 2.28. The lowest BCUT2D eigenvalue weighted by Crippen LogP contribution is -2.43. The van der Waals surface area contributed by atoms with E-state index in [0.29, 0.717) is 5.69 Å². The van der Waals surface area contributed by atoms with Crippen molar-refractivity contribution in [2.45, 2.75) is 13.0 Å². The maximum atomic E-state index is 12.7. The first kappa shape index (κ1) is 19.3. The molecule has 8 nitrogen and oxygen atoms in total. The molecule has 28 heavy (non-hydrogen) atoms. The third-order valence-electron chi connectivity index (χ3n) is 3.83. The number of ether oxygens (including phenoxy) is 1. The molecule has 2 N–H and O–H groups in total. The summed E-state index contributed by atoms with van der Waals surface area (Å²) in [5, 5.41) is 10.7. The number of urea groups is 1. The highest BCUT2D eigenvalue weighted by Gasteiger charge is 2.25. The molecule has 0 fully saturated rings.